The summed E-state index contributed by atoms with van der Waals surface area (Å²) in [6, 6.07) is 0. The summed E-state index contributed by atoms with van der Waals surface area (Å²) in [5, 5.41) is 0. The summed E-state index contributed by atoms with van der Waals surface area (Å²) in [7, 11) is 1.47. The van der Waals surface area contributed by atoms with Crippen molar-refractivity contribution in [2.75, 3.05) is 7.11 Å². The molecule has 1 rings (SSSR count). The first-order chi connectivity index (χ1) is 6.25. The number of esters is 1. The van der Waals surface area contributed by atoms with Gasteiger partial charge in [-0.25, -0.2) is 0 Å². The van der Waals surface area contributed by atoms with E-state index in [4.69, 9.17) is 4.74 Å². The monoisotopic (exact) mass is 180 g/mol. The molecule has 0 amide bonds. The first-order valence-electron chi connectivity index (χ1n) is 4.73. The molecular formula is C11H16O2. The lowest BCUT2D eigenvalue weighted by Crippen LogP contribution is -2.38. The van der Waals surface area contributed by atoms with Gasteiger partial charge in [-0.15, -0.1) is 11.8 Å². The third-order valence-electron chi connectivity index (χ3n) is 2.83. The smallest absolute Gasteiger partial charge is 0.311 e. The predicted molar refractivity (Wildman–Crippen MR) is 51.0 cm³/mol. The minimum absolute atomic E-state index is 0.0448. The molecule has 0 bridgehead atoms. The molecule has 0 heterocycles. The second kappa shape index (κ2) is 4.32. The zero-order valence-corrected chi connectivity index (χ0v) is 8.35. The van der Waals surface area contributed by atoms with Crippen LogP contribution in [0, 0.1) is 17.3 Å². The van der Waals surface area contributed by atoms with Crippen LogP contribution in [-0.2, 0) is 9.53 Å². The molecule has 1 aliphatic rings. The Bertz CT molecular complexity index is 241. The highest BCUT2D eigenvalue weighted by Gasteiger charge is 2.44. The van der Waals surface area contributed by atoms with Gasteiger partial charge in [0, 0.05) is 6.42 Å². The fourth-order valence-corrected chi connectivity index (χ4v) is 1.80. The van der Waals surface area contributed by atoms with E-state index in [0.717, 1.165) is 32.1 Å². The largest absolute Gasteiger partial charge is 0.469 e. The maximum Gasteiger partial charge on any atom is 0.311 e. The van der Waals surface area contributed by atoms with Gasteiger partial charge in [-0.05, 0) is 26.2 Å². The van der Waals surface area contributed by atoms with E-state index in [2.05, 4.69) is 11.8 Å². The quantitative estimate of drug-likeness (QED) is 0.491. The average molecular weight is 180 g/mol. The summed E-state index contributed by atoms with van der Waals surface area (Å²) >= 11 is 0. The summed E-state index contributed by atoms with van der Waals surface area (Å²) in [5.41, 5.74) is -0.182. The molecule has 2 heteroatoms. The fourth-order valence-electron chi connectivity index (χ4n) is 1.80. The van der Waals surface area contributed by atoms with Crippen molar-refractivity contribution in [3.05, 3.63) is 0 Å². The molecule has 0 aromatic rings. The van der Waals surface area contributed by atoms with E-state index in [1.807, 2.05) is 6.92 Å². The summed E-state index contributed by atoms with van der Waals surface area (Å²) < 4.78 is 4.80. The van der Waals surface area contributed by atoms with Gasteiger partial charge in [0.15, 0.2) is 0 Å². The van der Waals surface area contributed by atoms with Crippen molar-refractivity contribution in [2.24, 2.45) is 5.41 Å². The minimum atomic E-state index is -0.182. The number of carbonyl (C=O) groups is 1. The van der Waals surface area contributed by atoms with Crippen LogP contribution in [0.2, 0.25) is 0 Å². The normalized spacial score (nSPS) is 18.0. The maximum absolute atomic E-state index is 11.4. The van der Waals surface area contributed by atoms with Crippen LogP contribution in [0.15, 0.2) is 0 Å². The lowest BCUT2D eigenvalue weighted by Gasteiger charge is -2.38. The van der Waals surface area contributed by atoms with Crippen LogP contribution in [0.3, 0.4) is 0 Å². The minimum Gasteiger partial charge on any atom is -0.469 e. The second-order valence-corrected chi connectivity index (χ2v) is 3.55. The van der Waals surface area contributed by atoms with E-state index in [0.29, 0.717) is 0 Å². The molecule has 0 saturated heterocycles. The van der Waals surface area contributed by atoms with Crippen molar-refractivity contribution in [2.45, 2.75) is 39.0 Å². The highest BCUT2D eigenvalue weighted by molar-refractivity contribution is 5.77. The van der Waals surface area contributed by atoms with E-state index >= 15 is 0 Å². The number of hydrogen-bond donors (Lipinski definition) is 0. The molecule has 0 aromatic carbocycles. The first-order valence-corrected chi connectivity index (χ1v) is 4.73. The second-order valence-electron chi connectivity index (χ2n) is 3.55. The highest BCUT2D eigenvalue weighted by Crippen LogP contribution is 2.45. The molecule has 0 spiro atoms. The van der Waals surface area contributed by atoms with E-state index in [1.54, 1.807) is 0 Å². The van der Waals surface area contributed by atoms with Crippen LogP contribution in [0.4, 0.5) is 0 Å². The summed E-state index contributed by atoms with van der Waals surface area (Å²) in [6.07, 6.45) is 4.77. The Morgan fingerprint density at radius 1 is 1.54 bits per heavy atom. The van der Waals surface area contributed by atoms with Gasteiger partial charge in [-0.1, -0.05) is 6.42 Å². The van der Waals surface area contributed by atoms with Gasteiger partial charge in [-0.2, -0.15) is 0 Å². The van der Waals surface area contributed by atoms with Crippen molar-refractivity contribution in [3.63, 3.8) is 0 Å². The van der Waals surface area contributed by atoms with Gasteiger partial charge >= 0.3 is 5.97 Å². The van der Waals surface area contributed by atoms with Gasteiger partial charge in [0.25, 0.3) is 0 Å². The van der Waals surface area contributed by atoms with Crippen LogP contribution >= 0.6 is 0 Å². The van der Waals surface area contributed by atoms with Crippen molar-refractivity contribution in [3.8, 4) is 11.8 Å². The topological polar surface area (TPSA) is 26.3 Å². The first kappa shape index (κ1) is 10.1. The van der Waals surface area contributed by atoms with Crippen molar-refractivity contribution in [1.29, 1.82) is 0 Å². The van der Waals surface area contributed by atoms with Crippen LogP contribution in [0.5, 0.6) is 0 Å². The van der Waals surface area contributed by atoms with Gasteiger partial charge in [0.1, 0.15) is 0 Å². The number of carbonyl (C=O) groups excluding carboxylic acids is 1. The van der Waals surface area contributed by atoms with E-state index in [9.17, 15) is 4.79 Å². The third-order valence-corrected chi connectivity index (χ3v) is 2.83. The van der Waals surface area contributed by atoms with Crippen LogP contribution in [0.25, 0.3) is 0 Å². The van der Waals surface area contributed by atoms with Gasteiger partial charge < -0.3 is 4.74 Å². The van der Waals surface area contributed by atoms with E-state index in [-0.39, 0.29) is 11.4 Å². The van der Waals surface area contributed by atoms with Crippen molar-refractivity contribution >= 4 is 5.97 Å². The molecule has 0 unspecified atom stereocenters. The van der Waals surface area contributed by atoms with Crippen LogP contribution < -0.4 is 0 Å². The van der Waals surface area contributed by atoms with Gasteiger partial charge in [0.2, 0.25) is 0 Å². The van der Waals surface area contributed by atoms with Crippen LogP contribution in [-0.4, -0.2) is 13.1 Å². The maximum atomic E-state index is 11.4. The number of rotatable bonds is 3. The lowest BCUT2D eigenvalue weighted by atomic mass is 9.66. The van der Waals surface area contributed by atoms with Crippen molar-refractivity contribution < 1.29 is 9.53 Å². The molecule has 0 N–H and O–H groups in total. The summed E-state index contributed by atoms with van der Waals surface area (Å²) in [6.45, 7) is 1.82. The van der Waals surface area contributed by atoms with Gasteiger partial charge in [0.05, 0.1) is 12.5 Å². The third kappa shape index (κ3) is 2.03. The molecule has 1 saturated carbocycles. The van der Waals surface area contributed by atoms with Crippen LogP contribution in [0.1, 0.15) is 39.0 Å². The number of hydrogen-bond acceptors (Lipinski definition) is 2. The standard InChI is InChI=1S/C11H16O2/c1-3-4-5-7-11(8-6-9-11)10(12)13-2/h5-9H2,1-2H3. The Balaban J connectivity index is 2.48. The Morgan fingerprint density at radius 2 is 2.23 bits per heavy atom. The van der Waals surface area contributed by atoms with Crippen molar-refractivity contribution in [1.82, 2.24) is 0 Å². The zero-order valence-electron chi connectivity index (χ0n) is 8.35. The number of ether oxygens (including phenoxy) is 1. The Labute approximate surface area is 79.7 Å². The summed E-state index contributed by atoms with van der Waals surface area (Å²) in [4.78, 5) is 11.4. The molecule has 13 heavy (non-hydrogen) atoms. The predicted octanol–water partition coefficient (Wildman–Crippen LogP) is 2.13. The number of methoxy groups -OCH3 is 1. The summed E-state index contributed by atoms with van der Waals surface area (Å²) in [5.74, 6) is 5.79. The fraction of sp³-hybridized carbons (Fsp3) is 0.727. The Morgan fingerprint density at radius 3 is 2.62 bits per heavy atom. The molecule has 0 radical (unpaired) electrons. The molecule has 0 aromatic heterocycles. The molecule has 1 fully saturated rings. The molecule has 0 aliphatic heterocycles. The SMILES string of the molecule is CC#CCCC1(C(=O)OC)CCC1. The van der Waals surface area contributed by atoms with E-state index in [1.165, 1.54) is 7.11 Å². The average Bonchev–Trinajstić information content (AvgIpc) is 2.08. The molecule has 0 atom stereocenters. The lowest BCUT2D eigenvalue weighted by molar-refractivity contribution is -0.158. The zero-order chi connectivity index (χ0) is 9.73. The van der Waals surface area contributed by atoms with Gasteiger partial charge in [-0.3, -0.25) is 4.79 Å². The molecule has 1 aliphatic carbocycles. The molecular weight excluding hydrogens is 164 g/mol. The molecule has 72 valence electrons. The highest BCUT2D eigenvalue weighted by atomic mass is 16.5. The Hall–Kier alpha value is -0.970. The Kier molecular flexibility index (Phi) is 3.36. The van der Waals surface area contributed by atoms with E-state index < -0.39 is 0 Å². The molecule has 2 nitrogen and oxygen atoms in total.